The van der Waals surface area contributed by atoms with Gasteiger partial charge in [-0.15, -0.1) is 0 Å². The van der Waals surface area contributed by atoms with Gasteiger partial charge in [-0.25, -0.2) is 9.69 Å². The molecule has 4 aromatic rings. The molecule has 1 aliphatic rings. The van der Waals surface area contributed by atoms with Crippen LogP contribution < -0.4 is 24.4 Å². The molecule has 0 unspecified atom stereocenters. The van der Waals surface area contributed by atoms with Crippen LogP contribution in [-0.2, 0) is 22.8 Å². The highest BCUT2D eigenvalue weighted by Crippen LogP contribution is 2.38. The average molecular weight is 717 g/mol. The van der Waals surface area contributed by atoms with Gasteiger partial charge in [0.25, 0.3) is 11.8 Å². The fourth-order valence-electron chi connectivity index (χ4n) is 4.28. The van der Waals surface area contributed by atoms with Crippen molar-refractivity contribution in [1.29, 1.82) is 0 Å². The molecule has 0 spiro atoms. The Kier molecular flexibility index (Phi) is 9.80. The van der Waals surface area contributed by atoms with Gasteiger partial charge in [0.2, 0.25) is 0 Å². The van der Waals surface area contributed by atoms with E-state index in [1.54, 1.807) is 48.5 Å². The minimum atomic E-state index is -0.874. The second-order valence-corrected chi connectivity index (χ2v) is 11.5. The summed E-state index contributed by atoms with van der Waals surface area (Å²) < 4.78 is 17.8. The third kappa shape index (κ3) is 7.03. The molecule has 1 saturated heterocycles. The van der Waals surface area contributed by atoms with Crippen molar-refractivity contribution in [2.24, 2.45) is 0 Å². The van der Waals surface area contributed by atoms with E-state index in [1.807, 2.05) is 18.2 Å². The first kappa shape index (κ1) is 31.4. The standard InChI is InChI=1S/C32H22BrCl3N2O6/c1-42-28-14-18(13-25(33)29(28)44-17-19-4-2-3-5-26(19)35)12-24-30(39)37-32(41)38(31(24)40)22-8-10-23(11-9-22)43-16-20-6-7-21(34)15-27(20)36/h2-15H,16-17H2,1H3,(H,37,39,41)/b24-12+. The first-order valence-corrected chi connectivity index (χ1v) is 14.9. The summed E-state index contributed by atoms with van der Waals surface area (Å²) in [7, 11) is 1.47. The number of hydrogen-bond donors (Lipinski definition) is 1. The van der Waals surface area contributed by atoms with E-state index in [1.165, 1.54) is 25.3 Å². The smallest absolute Gasteiger partial charge is 0.335 e. The third-order valence-corrected chi connectivity index (χ3v) is 8.04. The van der Waals surface area contributed by atoms with Gasteiger partial charge in [0.05, 0.1) is 17.3 Å². The maximum atomic E-state index is 13.4. The monoisotopic (exact) mass is 714 g/mol. The molecule has 224 valence electrons. The molecular weight excluding hydrogens is 695 g/mol. The molecule has 1 N–H and O–H groups in total. The molecule has 0 aromatic heterocycles. The van der Waals surface area contributed by atoms with Crippen LogP contribution in [0.3, 0.4) is 0 Å². The molecule has 0 bridgehead atoms. The Morgan fingerprint density at radius 1 is 0.841 bits per heavy atom. The Morgan fingerprint density at radius 2 is 1.55 bits per heavy atom. The molecule has 1 aliphatic heterocycles. The number of ether oxygens (including phenoxy) is 3. The van der Waals surface area contributed by atoms with Gasteiger partial charge in [-0.1, -0.05) is 59.1 Å². The first-order valence-electron chi connectivity index (χ1n) is 13.0. The zero-order valence-corrected chi connectivity index (χ0v) is 26.8. The zero-order valence-electron chi connectivity index (χ0n) is 22.9. The van der Waals surface area contributed by atoms with Crippen molar-refractivity contribution < 1.29 is 28.6 Å². The van der Waals surface area contributed by atoms with Crippen molar-refractivity contribution >= 4 is 80.3 Å². The molecular formula is C32H22BrCl3N2O6. The number of barbiturate groups is 1. The average Bonchev–Trinajstić information content (AvgIpc) is 2.99. The number of carbonyl (C=O) groups excluding carboxylic acids is 3. The lowest BCUT2D eigenvalue weighted by Gasteiger charge is -2.26. The van der Waals surface area contributed by atoms with Gasteiger partial charge in [-0.05, 0) is 82.2 Å². The van der Waals surface area contributed by atoms with Crippen LogP contribution in [0.2, 0.25) is 15.1 Å². The summed E-state index contributed by atoms with van der Waals surface area (Å²) in [4.78, 5) is 39.8. The predicted octanol–water partition coefficient (Wildman–Crippen LogP) is 8.24. The van der Waals surface area contributed by atoms with Crippen molar-refractivity contribution in [3.63, 3.8) is 0 Å². The van der Waals surface area contributed by atoms with E-state index in [4.69, 9.17) is 49.0 Å². The maximum absolute atomic E-state index is 13.4. The molecule has 0 atom stereocenters. The molecule has 1 fully saturated rings. The SMILES string of the molecule is COc1cc(/C=C2\C(=O)NC(=O)N(c3ccc(OCc4ccc(Cl)cc4Cl)cc3)C2=O)cc(Br)c1OCc1ccccc1Cl. The number of methoxy groups -OCH3 is 1. The Balaban J connectivity index is 1.34. The normalized spacial score (nSPS) is 14.1. The quantitative estimate of drug-likeness (QED) is 0.139. The summed E-state index contributed by atoms with van der Waals surface area (Å²) in [5.41, 5.74) is 1.97. The van der Waals surface area contributed by atoms with E-state index in [9.17, 15) is 14.4 Å². The molecule has 0 saturated carbocycles. The molecule has 0 radical (unpaired) electrons. The van der Waals surface area contributed by atoms with Gasteiger partial charge in [-0.2, -0.15) is 0 Å². The van der Waals surface area contributed by atoms with E-state index in [-0.39, 0.29) is 24.5 Å². The number of anilines is 1. The van der Waals surface area contributed by atoms with Gasteiger partial charge >= 0.3 is 6.03 Å². The minimum absolute atomic E-state index is 0.183. The van der Waals surface area contributed by atoms with Crippen molar-refractivity contribution in [2.45, 2.75) is 13.2 Å². The number of benzene rings is 4. The summed E-state index contributed by atoms with van der Waals surface area (Å²) in [6, 6.07) is 21.1. The molecule has 44 heavy (non-hydrogen) atoms. The van der Waals surface area contributed by atoms with Gasteiger partial charge in [-0.3, -0.25) is 14.9 Å². The Hall–Kier alpha value is -4.02. The van der Waals surface area contributed by atoms with Crippen LogP contribution in [-0.4, -0.2) is 25.0 Å². The minimum Gasteiger partial charge on any atom is -0.493 e. The van der Waals surface area contributed by atoms with Gasteiger partial charge < -0.3 is 14.2 Å². The number of amides is 4. The number of halogens is 4. The van der Waals surface area contributed by atoms with Crippen molar-refractivity contribution in [3.05, 3.63) is 121 Å². The molecule has 1 heterocycles. The van der Waals surface area contributed by atoms with E-state index in [0.29, 0.717) is 42.4 Å². The van der Waals surface area contributed by atoms with Gasteiger partial charge in [0.15, 0.2) is 11.5 Å². The van der Waals surface area contributed by atoms with Crippen LogP contribution in [0.1, 0.15) is 16.7 Å². The maximum Gasteiger partial charge on any atom is 0.335 e. The highest BCUT2D eigenvalue weighted by Gasteiger charge is 2.37. The largest absolute Gasteiger partial charge is 0.493 e. The third-order valence-electron chi connectivity index (χ3n) is 6.50. The molecule has 5 rings (SSSR count). The van der Waals surface area contributed by atoms with E-state index >= 15 is 0 Å². The van der Waals surface area contributed by atoms with Crippen LogP contribution in [0.15, 0.2) is 88.9 Å². The first-order chi connectivity index (χ1) is 21.1. The number of hydrogen-bond acceptors (Lipinski definition) is 6. The number of nitrogens with one attached hydrogen (secondary N) is 1. The lowest BCUT2D eigenvalue weighted by atomic mass is 10.1. The van der Waals surface area contributed by atoms with Crippen molar-refractivity contribution in [3.8, 4) is 17.2 Å². The Labute approximate surface area is 276 Å². The van der Waals surface area contributed by atoms with Crippen LogP contribution in [0.5, 0.6) is 17.2 Å². The summed E-state index contributed by atoms with van der Waals surface area (Å²) in [5.74, 6) is -0.387. The molecule has 8 nitrogen and oxygen atoms in total. The fraction of sp³-hybridized carbons (Fsp3) is 0.0938. The number of carbonyl (C=O) groups is 3. The highest BCUT2D eigenvalue weighted by molar-refractivity contribution is 9.10. The Morgan fingerprint density at radius 3 is 2.25 bits per heavy atom. The van der Waals surface area contributed by atoms with Crippen LogP contribution in [0.25, 0.3) is 6.08 Å². The Bertz CT molecular complexity index is 1800. The summed E-state index contributed by atoms with van der Waals surface area (Å²) in [6.45, 7) is 0.370. The van der Waals surface area contributed by atoms with Crippen LogP contribution in [0, 0.1) is 0 Å². The lowest BCUT2D eigenvalue weighted by molar-refractivity contribution is -0.122. The van der Waals surface area contributed by atoms with Crippen molar-refractivity contribution in [2.75, 3.05) is 12.0 Å². The van der Waals surface area contributed by atoms with E-state index < -0.39 is 17.8 Å². The lowest BCUT2D eigenvalue weighted by Crippen LogP contribution is -2.54. The number of rotatable bonds is 9. The van der Waals surface area contributed by atoms with E-state index in [2.05, 4.69) is 21.2 Å². The van der Waals surface area contributed by atoms with Crippen molar-refractivity contribution in [1.82, 2.24) is 5.32 Å². The second kappa shape index (κ2) is 13.7. The summed E-state index contributed by atoms with van der Waals surface area (Å²) in [5, 5.41) is 3.77. The molecule has 4 amide bonds. The zero-order chi connectivity index (χ0) is 31.4. The second-order valence-electron chi connectivity index (χ2n) is 9.39. The van der Waals surface area contributed by atoms with Gasteiger partial charge in [0.1, 0.15) is 24.5 Å². The van der Waals surface area contributed by atoms with E-state index in [0.717, 1.165) is 16.0 Å². The van der Waals surface area contributed by atoms with Crippen LogP contribution >= 0.6 is 50.7 Å². The van der Waals surface area contributed by atoms with Gasteiger partial charge in [0, 0.05) is 26.2 Å². The molecule has 12 heteroatoms. The highest BCUT2D eigenvalue weighted by atomic mass is 79.9. The molecule has 0 aliphatic carbocycles. The summed E-state index contributed by atoms with van der Waals surface area (Å²) >= 11 is 21.9. The number of nitrogens with zero attached hydrogens (tertiary/aromatic N) is 1. The van der Waals surface area contributed by atoms with Crippen LogP contribution in [0.4, 0.5) is 10.5 Å². The fourth-order valence-corrected chi connectivity index (χ4v) is 5.51. The molecule has 4 aromatic carbocycles. The summed E-state index contributed by atoms with van der Waals surface area (Å²) in [6.07, 6.45) is 1.37. The number of imide groups is 2. The number of urea groups is 1. The topological polar surface area (TPSA) is 94.2 Å². The predicted molar refractivity (Wildman–Crippen MR) is 173 cm³/mol.